The lowest BCUT2D eigenvalue weighted by molar-refractivity contribution is 0.616. The van der Waals surface area contributed by atoms with Crippen LogP contribution in [0.25, 0.3) is 60.9 Å². The summed E-state index contributed by atoms with van der Waals surface area (Å²) in [5, 5.41) is 2.55. The molecule has 1 aliphatic carbocycles. The molecule has 1 aliphatic rings. The molecule has 9 rings (SSSR count). The van der Waals surface area contributed by atoms with E-state index in [2.05, 4.69) is 156 Å². The van der Waals surface area contributed by atoms with Gasteiger partial charge in [0.2, 0.25) is 0 Å². The minimum Gasteiger partial charge on any atom is -0.309 e. The Labute approximate surface area is 275 Å². The summed E-state index contributed by atoms with van der Waals surface area (Å²) in [5.41, 5.74) is 15.3. The highest BCUT2D eigenvalue weighted by atomic mass is 15.0. The summed E-state index contributed by atoms with van der Waals surface area (Å²) in [6, 6.07) is 55.4. The molecule has 47 heavy (non-hydrogen) atoms. The monoisotopic (exact) mass is 602 g/mol. The van der Waals surface area contributed by atoms with Gasteiger partial charge < -0.3 is 4.57 Å². The van der Waals surface area contributed by atoms with Gasteiger partial charge in [0.05, 0.1) is 11.0 Å². The number of hydrogen-bond acceptors (Lipinski definition) is 1. The average Bonchev–Trinajstić information content (AvgIpc) is 3.48. The van der Waals surface area contributed by atoms with Gasteiger partial charge >= 0.3 is 0 Å². The molecule has 224 valence electrons. The molecule has 6 aromatic carbocycles. The van der Waals surface area contributed by atoms with Crippen molar-refractivity contribution in [2.45, 2.75) is 25.2 Å². The smallest absolute Gasteiger partial charge is 0.0541 e. The zero-order valence-electron chi connectivity index (χ0n) is 26.2. The van der Waals surface area contributed by atoms with Crippen molar-refractivity contribution in [3.8, 4) is 39.1 Å². The number of hydrogen-bond donors (Lipinski definition) is 0. The molecule has 0 N–H and O–H groups in total. The van der Waals surface area contributed by atoms with Gasteiger partial charge in [-0.3, -0.25) is 4.98 Å². The van der Waals surface area contributed by atoms with Crippen LogP contribution in [0, 0.1) is 0 Å². The first-order chi connectivity index (χ1) is 23.3. The van der Waals surface area contributed by atoms with Gasteiger partial charge in [0.1, 0.15) is 0 Å². The fourth-order valence-corrected chi connectivity index (χ4v) is 7.72. The molecule has 8 aromatic rings. The Balaban J connectivity index is 1.00. The molecule has 2 heteroatoms. The topological polar surface area (TPSA) is 17.8 Å². The third-order valence-corrected chi connectivity index (χ3v) is 9.97. The van der Waals surface area contributed by atoms with Crippen LogP contribution >= 0.6 is 0 Å². The lowest BCUT2D eigenvalue weighted by Crippen LogP contribution is -2.12. The molecule has 0 aliphatic heterocycles. The third kappa shape index (κ3) is 4.94. The molecule has 2 aromatic heterocycles. The Kier molecular flexibility index (Phi) is 6.79. The highest BCUT2D eigenvalue weighted by Crippen LogP contribution is 2.41. The van der Waals surface area contributed by atoms with E-state index < -0.39 is 0 Å². The van der Waals surface area contributed by atoms with Gasteiger partial charge in [0.25, 0.3) is 0 Å². The van der Waals surface area contributed by atoms with E-state index >= 15 is 0 Å². The first-order valence-electron chi connectivity index (χ1n) is 16.6. The number of para-hydroxylation sites is 2. The normalized spacial score (nSPS) is 13.8. The second-order valence-electron chi connectivity index (χ2n) is 12.8. The van der Waals surface area contributed by atoms with Crippen LogP contribution in [0.1, 0.15) is 29.0 Å². The minimum atomic E-state index is 0.525. The van der Waals surface area contributed by atoms with Gasteiger partial charge in [-0.15, -0.1) is 0 Å². The SMILES string of the molecule is c1cc(CCC2Cc3ccccc3-c3ccccc32)cc(-c2cncc(-c3cccc(-n4c5ccccc5c5ccccc54)c3)c2)c1. The van der Waals surface area contributed by atoms with E-state index in [9.17, 15) is 0 Å². The van der Waals surface area contributed by atoms with Crippen LogP contribution in [0.15, 0.2) is 164 Å². The Morgan fingerprint density at radius 1 is 0.532 bits per heavy atom. The quantitative estimate of drug-likeness (QED) is 0.185. The molecule has 0 radical (unpaired) electrons. The maximum atomic E-state index is 4.72. The highest BCUT2D eigenvalue weighted by molar-refractivity contribution is 6.09. The van der Waals surface area contributed by atoms with E-state index in [0.717, 1.165) is 41.6 Å². The minimum absolute atomic E-state index is 0.525. The second kappa shape index (κ2) is 11.6. The Hall–Kier alpha value is -5.73. The van der Waals surface area contributed by atoms with Crippen LogP contribution < -0.4 is 0 Å². The van der Waals surface area contributed by atoms with Crippen LogP contribution in [0.3, 0.4) is 0 Å². The number of pyridine rings is 1. The molecule has 1 unspecified atom stereocenters. The van der Waals surface area contributed by atoms with Crippen LogP contribution in [-0.4, -0.2) is 9.55 Å². The molecule has 0 bridgehead atoms. The van der Waals surface area contributed by atoms with Crippen LogP contribution in [0.4, 0.5) is 0 Å². The first kappa shape index (κ1) is 27.6. The fraction of sp³-hybridized carbons (Fsp3) is 0.0889. The van der Waals surface area contributed by atoms with Crippen molar-refractivity contribution in [2.75, 3.05) is 0 Å². The summed E-state index contributed by atoms with van der Waals surface area (Å²) in [4.78, 5) is 4.72. The van der Waals surface area contributed by atoms with Crippen LogP contribution in [-0.2, 0) is 12.8 Å². The predicted molar refractivity (Wildman–Crippen MR) is 196 cm³/mol. The predicted octanol–water partition coefficient (Wildman–Crippen LogP) is 11.5. The molecule has 0 saturated carbocycles. The number of rotatable bonds is 6. The molecular weight excluding hydrogens is 569 g/mol. The number of benzene rings is 6. The molecule has 0 amide bonds. The summed E-state index contributed by atoms with van der Waals surface area (Å²) in [6.07, 6.45) is 7.25. The van der Waals surface area contributed by atoms with E-state index in [4.69, 9.17) is 4.98 Å². The summed E-state index contributed by atoms with van der Waals surface area (Å²) in [6.45, 7) is 0. The van der Waals surface area contributed by atoms with Crippen molar-refractivity contribution >= 4 is 21.8 Å². The second-order valence-corrected chi connectivity index (χ2v) is 12.8. The van der Waals surface area contributed by atoms with Crippen molar-refractivity contribution in [3.05, 3.63) is 181 Å². The first-order valence-corrected chi connectivity index (χ1v) is 16.6. The van der Waals surface area contributed by atoms with Crippen molar-refractivity contribution < 1.29 is 0 Å². The Bertz CT molecular complexity index is 2360. The number of nitrogens with zero attached hydrogens (tertiary/aromatic N) is 2. The van der Waals surface area contributed by atoms with E-state index in [1.54, 1.807) is 0 Å². The molecule has 0 saturated heterocycles. The van der Waals surface area contributed by atoms with Crippen molar-refractivity contribution in [1.29, 1.82) is 0 Å². The molecule has 0 fully saturated rings. The molecule has 2 nitrogen and oxygen atoms in total. The van der Waals surface area contributed by atoms with E-state index in [0.29, 0.717) is 5.92 Å². The van der Waals surface area contributed by atoms with Gasteiger partial charge in [-0.1, -0.05) is 121 Å². The Morgan fingerprint density at radius 3 is 1.96 bits per heavy atom. The average molecular weight is 603 g/mol. The molecule has 2 heterocycles. The largest absolute Gasteiger partial charge is 0.309 e. The number of fused-ring (bicyclic) bond motifs is 6. The summed E-state index contributed by atoms with van der Waals surface area (Å²) in [5.74, 6) is 0.525. The van der Waals surface area contributed by atoms with Gasteiger partial charge in [0.15, 0.2) is 0 Å². The van der Waals surface area contributed by atoms with Gasteiger partial charge in [-0.05, 0) is 94.5 Å². The van der Waals surface area contributed by atoms with E-state index in [1.165, 1.54) is 55.2 Å². The highest BCUT2D eigenvalue weighted by Gasteiger charge is 2.24. The third-order valence-electron chi connectivity index (χ3n) is 9.97. The zero-order chi connectivity index (χ0) is 31.2. The van der Waals surface area contributed by atoms with Gasteiger partial charge in [-0.2, -0.15) is 0 Å². The van der Waals surface area contributed by atoms with Gasteiger partial charge in [-0.25, -0.2) is 0 Å². The summed E-state index contributed by atoms with van der Waals surface area (Å²) < 4.78 is 2.37. The van der Waals surface area contributed by atoms with E-state index in [-0.39, 0.29) is 0 Å². The van der Waals surface area contributed by atoms with Crippen molar-refractivity contribution in [2.24, 2.45) is 0 Å². The standard InChI is InChI=1S/C45H34N2/c1-2-16-39-34(12-1)26-35(40-17-3-4-18-41(39)40)24-23-31-11-9-13-32(25-31)36-27-37(30-46-29-36)33-14-10-15-38(28-33)47-44-21-7-5-19-42(44)43-20-6-8-22-45(43)47/h1-22,25,27-30,35H,23-24,26H2. The van der Waals surface area contributed by atoms with E-state index in [1.807, 2.05) is 12.4 Å². The van der Waals surface area contributed by atoms with Crippen molar-refractivity contribution in [3.63, 3.8) is 0 Å². The molecule has 1 atom stereocenters. The summed E-state index contributed by atoms with van der Waals surface area (Å²) in [7, 11) is 0. The lowest BCUT2D eigenvalue weighted by Gasteiger charge is -2.28. The van der Waals surface area contributed by atoms with Gasteiger partial charge in [0, 0.05) is 40.0 Å². The zero-order valence-corrected chi connectivity index (χ0v) is 26.2. The number of aromatic nitrogens is 2. The lowest BCUT2D eigenvalue weighted by atomic mass is 9.76. The molecular formula is C45H34N2. The van der Waals surface area contributed by atoms with Crippen LogP contribution in [0.5, 0.6) is 0 Å². The maximum absolute atomic E-state index is 4.72. The summed E-state index contributed by atoms with van der Waals surface area (Å²) >= 11 is 0. The molecule has 0 spiro atoms. The Morgan fingerprint density at radius 2 is 1.17 bits per heavy atom. The maximum Gasteiger partial charge on any atom is 0.0541 e. The van der Waals surface area contributed by atoms with Crippen LogP contribution in [0.2, 0.25) is 0 Å². The fourth-order valence-electron chi connectivity index (χ4n) is 7.72. The number of aryl methyl sites for hydroxylation is 1. The van der Waals surface area contributed by atoms with Crippen molar-refractivity contribution in [1.82, 2.24) is 9.55 Å².